The Labute approximate surface area is 81.6 Å². The molecule has 2 N–H and O–H groups in total. The number of rotatable bonds is 4. The molecule has 4 heteroatoms. The van der Waals surface area contributed by atoms with Gasteiger partial charge in [-0.3, -0.25) is 0 Å². The van der Waals surface area contributed by atoms with Gasteiger partial charge in [-0.2, -0.15) is 0 Å². The maximum absolute atomic E-state index is 13.0. The molecule has 0 fully saturated rings. The summed E-state index contributed by atoms with van der Waals surface area (Å²) in [6.07, 6.45) is -0.494. The molecule has 0 saturated heterocycles. The highest BCUT2D eigenvalue weighted by molar-refractivity contribution is 5.18. The first-order valence-corrected chi connectivity index (χ1v) is 4.43. The van der Waals surface area contributed by atoms with E-state index >= 15 is 0 Å². The molecule has 1 unspecified atom stereocenters. The zero-order valence-electron chi connectivity index (χ0n) is 7.93. The number of aliphatic hydroxyl groups is 1. The first-order chi connectivity index (χ1) is 6.61. The van der Waals surface area contributed by atoms with Gasteiger partial charge in [0, 0.05) is 18.7 Å². The summed E-state index contributed by atoms with van der Waals surface area (Å²) in [7, 11) is 0. The third kappa shape index (κ3) is 3.05. The Bertz CT molecular complexity index is 302. The van der Waals surface area contributed by atoms with Crippen LogP contribution in [0.3, 0.4) is 0 Å². The Kier molecular flexibility index (Phi) is 3.98. The first-order valence-electron chi connectivity index (χ1n) is 4.43. The van der Waals surface area contributed by atoms with Crippen LogP contribution in [0.25, 0.3) is 0 Å². The molecule has 1 aromatic rings. The van der Waals surface area contributed by atoms with Crippen LogP contribution in [0.2, 0.25) is 0 Å². The van der Waals surface area contributed by atoms with Crippen LogP contribution in [-0.4, -0.2) is 17.8 Å². The van der Waals surface area contributed by atoms with Gasteiger partial charge in [0.2, 0.25) is 0 Å². The van der Waals surface area contributed by atoms with Gasteiger partial charge in [-0.25, -0.2) is 8.78 Å². The Hall–Kier alpha value is -1.00. The van der Waals surface area contributed by atoms with Crippen molar-refractivity contribution in [1.29, 1.82) is 0 Å². The van der Waals surface area contributed by atoms with Crippen LogP contribution >= 0.6 is 0 Å². The number of hydrogen-bond donors (Lipinski definition) is 2. The van der Waals surface area contributed by atoms with Gasteiger partial charge in [0.25, 0.3) is 0 Å². The van der Waals surface area contributed by atoms with E-state index in [1.54, 1.807) is 6.92 Å². The molecule has 0 aromatic heterocycles. The van der Waals surface area contributed by atoms with E-state index in [9.17, 15) is 8.78 Å². The van der Waals surface area contributed by atoms with Crippen molar-refractivity contribution in [2.75, 3.05) is 6.54 Å². The SMILES string of the molecule is CC(O)CNCc1cccc(F)c1F. The molecule has 78 valence electrons. The second-order valence-corrected chi connectivity index (χ2v) is 3.19. The lowest BCUT2D eigenvalue weighted by molar-refractivity contribution is 0.190. The van der Waals surface area contributed by atoms with Crippen LogP contribution in [-0.2, 0) is 6.54 Å². The molecule has 0 bridgehead atoms. The van der Waals surface area contributed by atoms with E-state index in [-0.39, 0.29) is 12.1 Å². The number of aliphatic hydroxyl groups excluding tert-OH is 1. The van der Waals surface area contributed by atoms with Gasteiger partial charge in [-0.1, -0.05) is 12.1 Å². The predicted molar refractivity (Wildman–Crippen MR) is 49.7 cm³/mol. The molecule has 2 nitrogen and oxygen atoms in total. The zero-order chi connectivity index (χ0) is 10.6. The molecule has 1 aromatic carbocycles. The van der Waals surface area contributed by atoms with Crippen LogP contribution in [0.15, 0.2) is 18.2 Å². The van der Waals surface area contributed by atoms with Crippen LogP contribution in [0.4, 0.5) is 8.78 Å². The summed E-state index contributed by atoms with van der Waals surface area (Å²) in [5.74, 6) is -1.67. The van der Waals surface area contributed by atoms with Crippen molar-refractivity contribution < 1.29 is 13.9 Å². The molecular weight excluding hydrogens is 188 g/mol. The molecule has 0 heterocycles. The lowest BCUT2D eigenvalue weighted by Crippen LogP contribution is -2.24. The highest BCUT2D eigenvalue weighted by atomic mass is 19.2. The van der Waals surface area contributed by atoms with E-state index < -0.39 is 17.7 Å². The van der Waals surface area contributed by atoms with Crippen molar-refractivity contribution in [3.05, 3.63) is 35.4 Å². The van der Waals surface area contributed by atoms with Crippen LogP contribution in [0.1, 0.15) is 12.5 Å². The minimum Gasteiger partial charge on any atom is -0.392 e. The maximum atomic E-state index is 13.0. The quantitative estimate of drug-likeness (QED) is 0.772. The molecule has 0 aliphatic heterocycles. The normalized spacial score (nSPS) is 12.9. The fourth-order valence-corrected chi connectivity index (χ4v) is 1.10. The van der Waals surface area contributed by atoms with Gasteiger partial charge in [-0.05, 0) is 13.0 Å². The minimum absolute atomic E-state index is 0.217. The lowest BCUT2D eigenvalue weighted by Gasteiger charge is -2.07. The van der Waals surface area contributed by atoms with Gasteiger partial charge in [-0.15, -0.1) is 0 Å². The van der Waals surface area contributed by atoms with E-state index in [4.69, 9.17) is 5.11 Å². The van der Waals surface area contributed by atoms with E-state index in [1.807, 2.05) is 0 Å². The molecule has 14 heavy (non-hydrogen) atoms. The van der Waals surface area contributed by atoms with Crippen molar-refractivity contribution in [1.82, 2.24) is 5.32 Å². The smallest absolute Gasteiger partial charge is 0.163 e. The third-order valence-corrected chi connectivity index (χ3v) is 1.79. The summed E-state index contributed by atoms with van der Waals surface area (Å²) in [6, 6.07) is 4.04. The van der Waals surface area contributed by atoms with Crippen LogP contribution in [0.5, 0.6) is 0 Å². The van der Waals surface area contributed by atoms with Gasteiger partial charge in [0.05, 0.1) is 6.10 Å². The molecular formula is C10H13F2NO. The molecule has 1 rings (SSSR count). The average Bonchev–Trinajstić information content (AvgIpc) is 2.12. The summed E-state index contributed by atoms with van der Waals surface area (Å²) >= 11 is 0. The summed E-state index contributed by atoms with van der Waals surface area (Å²) in [5.41, 5.74) is 0.269. The maximum Gasteiger partial charge on any atom is 0.163 e. The second-order valence-electron chi connectivity index (χ2n) is 3.19. The van der Waals surface area contributed by atoms with E-state index in [0.29, 0.717) is 6.54 Å². The highest BCUT2D eigenvalue weighted by Crippen LogP contribution is 2.10. The standard InChI is InChI=1S/C10H13F2NO/c1-7(14)5-13-6-8-3-2-4-9(11)10(8)12/h2-4,7,13-14H,5-6H2,1H3. The Balaban J connectivity index is 2.54. The third-order valence-electron chi connectivity index (χ3n) is 1.79. The number of halogens is 2. The Morgan fingerprint density at radius 1 is 1.43 bits per heavy atom. The molecule has 0 amide bonds. The fourth-order valence-electron chi connectivity index (χ4n) is 1.10. The summed E-state index contributed by atoms with van der Waals surface area (Å²) in [6.45, 7) is 2.19. The molecule has 0 aliphatic rings. The average molecular weight is 201 g/mol. The summed E-state index contributed by atoms with van der Waals surface area (Å²) in [4.78, 5) is 0. The summed E-state index contributed by atoms with van der Waals surface area (Å²) < 4.78 is 25.8. The van der Waals surface area contributed by atoms with Gasteiger partial charge < -0.3 is 10.4 Å². The van der Waals surface area contributed by atoms with Crippen molar-refractivity contribution in [2.45, 2.75) is 19.6 Å². The number of hydrogen-bond acceptors (Lipinski definition) is 2. The zero-order valence-corrected chi connectivity index (χ0v) is 7.93. The van der Waals surface area contributed by atoms with Crippen molar-refractivity contribution in [3.63, 3.8) is 0 Å². The predicted octanol–water partition coefficient (Wildman–Crippen LogP) is 1.44. The number of nitrogens with one attached hydrogen (secondary N) is 1. The topological polar surface area (TPSA) is 32.3 Å². The molecule has 1 atom stereocenters. The monoisotopic (exact) mass is 201 g/mol. The molecule has 0 spiro atoms. The molecule has 0 saturated carbocycles. The number of benzene rings is 1. The first kappa shape index (κ1) is 11.1. The molecule has 0 radical (unpaired) electrons. The van der Waals surface area contributed by atoms with Gasteiger partial charge in [0.15, 0.2) is 11.6 Å². The van der Waals surface area contributed by atoms with E-state index in [0.717, 1.165) is 6.07 Å². The molecule has 0 aliphatic carbocycles. The van der Waals surface area contributed by atoms with Crippen LogP contribution < -0.4 is 5.32 Å². The van der Waals surface area contributed by atoms with Gasteiger partial charge in [0.1, 0.15) is 0 Å². The van der Waals surface area contributed by atoms with E-state index in [2.05, 4.69) is 5.32 Å². The second kappa shape index (κ2) is 5.02. The minimum atomic E-state index is -0.846. The van der Waals surface area contributed by atoms with Crippen molar-refractivity contribution >= 4 is 0 Å². The highest BCUT2D eigenvalue weighted by Gasteiger charge is 2.06. The fraction of sp³-hybridized carbons (Fsp3) is 0.400. The Morgan fingerprint density at radius 2 is 2.14 bits per heavy atom. The van der Waals surface area contributed by atoms with E-state index in [1.165, 1.54) is 12.1 Å². The van der Waals surface area contributed by atoms with Crippen molar-refractivity contribution in [3.8, 4) is 0 Å². The summed E-state index contributed by atoms with van der Waals surface area (Å²) in [5, 5.41) is 11.7. The van der Waals surface area contributed by atoms with Crippen molar-refractivity contribution in [2.24, 2.45) is 0 Å². The van der Waals surface area contributed by atoms with Gasteiger partial charge >= 0.3 is 0 Å². The van der Waals surface area contributed by atoms with Crippen LogP contribution in [0, 0.1) is 11.6 Å². The Morgan fingerprint density at radius 3 is 2.79 bits per heavy atom. The largest absolute Gasteiger partial charge is 0.392 e. The lowest BCUT2D eigenvalue weighted by atomic mass is 10.2.